The number of esters is 2. The summed E-state index contributed by atoms with van der Waals surface area (Å²) < 4.78 is 11.0. The summed E-state index contributed by atoms with van der Waals surface area (Å²) in [4.78, 5) is 37.0. The van der Waals surface area contributed by atoms with Crippen LogP contribution in [0.2, 0.25) is 0 Å². The zero-order valence-corrected chi connectivity index (χ0v) is 14.1. The van der Waals surface area contributed by atoms with Crippen LogP contribution >= 0.6 is 0 Å². The molecule has 6 heteroatoms. The highest BCUT2D eigenvalue weighted by molar-refractivity contribution is 5.96. The fourth-order valence-electron chi connectivity index (χ4n) is 2.48. The highest BCUT2D eigenvalue weighted by atomic mass is 16.5. The van der Waals surface area contributed by atoms with E-state index in [4.69, 9.17) is 9.47 Å². The van der Waals surface area contributed by atoms with Crippen molar-refractivity contribution < 1.29 is 19.1 Å². The maximum Gasteiger partial charge on any atom is 0.343 e. The Hall–Kier alpha value is -2.89. The minimum Gasteiger partial charge on any atom is -0.465 e. The second kappa shape index (κ2) is 7.12. The van der Waals surface area contributed by atoms with Crippen molar-refractivity contribution in [2.75, 3.05) is 13.7 Å². The van der Waals surface area contributed by atoms with E-state index < -0.39 is 17.5 Å². The maximum atomic E-state index is 12.8. The lowest BCUT2D eigenvalue weighted by Gasteiger charge is -2.16. The van der Waals surface area contributed by atoms with Gasteiger partial charge in [-0.1, -0.05) is 18.2 Å². The van der Waals surface area contributed by atoms with Gasteiger partial charge < -0.3 is 9.47 Å². The summed E-state index contributed by atoms with van der Waals surface area (Å²) in [7, 11) is 1.25. The Bertz CT molecular complexity index is 851. The topological polar surface area (TPSA) is 74.6 Å². The second-order valence-electron chi connectivity index (χ2n) is 5.20. The van der Waals surface area contributed by atoms with E-state index in [2.05, 4.69) is 0 Å². The van der Waals surface area contributed by atoms with Crippen LogP contribution in [-0.2, 0) is 9.47 Å². The lowest BCUT2D eigenvalue weighted by molar-refractivity contribution is 0.0523. The molecule has 0 aliphatic heterocycles. The van der Waals surface area contributed by atoms with Crippen molar-refractivity contribution in [1.82, 2.24) is 4.57 Å². The third kappa shape index (κ3) is 3.08. The molecule has 1 heterocycles. The van der Waals surface area contributed by atoms with Crippen LogP contribution in [0, 0.1) is 13.8 Å². The van der Waals surface area contributed by atoms with Gasteiger partial charge in [-0.25, -0.2) is 9.59 Å². The fourth-order valence-corrected chi connectivity index (χ4v) is 2.48. The van der Waals surface area contributed by atoms with Crippen LogP contribution in [0.1, 0.15) is 38.9 Å². The summed E-state index contributed by atoms with van der Waals surface area (Å²) in [5.74, 6) is -1.39. The van der Waals surface area contributed by atoms with E-state index in [-0.39, 0.29) is 17.7 Å². The third-order valence-corrected chi connectivity index (χ3v) is 3.70. The number of hydrogen-bond acceptors (Lipinski definition) is 5. The number of pyridine rings is 1. The first-order valence-corrected chi connectivity index (χ1v) is 7.50. The summed E-state index contributed by atoms with van der Waals surface area (Å²) in [5, 5.41) is 0. The van der Waals surface area contributed by atoms with E-state index in [0.29, 0.717) is 11.4 Å². The number of aromatic nitrogens is 1. The van der Waals surface area contributed by atoms with Crippen LogP contribution in [0.3, 0.4) is 0 Å². The number of hydrogen-bond donors (Lipinski definition) is 0. The van der Waals surface area contributed by atoms with Gasteiger partial charge in [-0.15, -0.1) is 0 Å². The van der Waals surface area contributed by atoms with Crippen LogP contribution in [0.15, 0.2) is 35.1 Å². The molecule has 126 valence electrons. The molecule has 2 aromatic rings. The number of para-hydroxylation sites is 1. The Morgan fingerprint density at radius 3 is 2.33 bits per heavy atom. The predicted octanol–water partition coefficient (Wildman–Crippen LogP) is 2.42. The monoisotopic (exact) mass is 329 g/mol. The SMILES string of the molecule is CCOC(=O)c1cc(C(=O)OC)c(C)n(-c2ccccc2C)c1=O. The molecule has 6 nitrogen and oxygen atoms in total. The molecule has 2 rings (SSSR count). The van der Waals surface area contributed by atoms with Crippen molar-refractivity contribution in [1.29, 1.82) is 0 Å². The van der Waals surface area contributed by atoms with Gasteiger partial charge in [0.15, 0.2) is 0 Å². The summed E-state index contributed by atoms with van der Waals surface area (Å²) in [6.07, 6.45) is 0. The molecular formula is C18H19NO5. The van der Waals surface area contributed by atoms with Gasteiger partial charge in [0.25, 0.3) is 5.56 Å². The predicted molar refractivity (Wildman–Crippen MR) is 88.8 cm³/mol. The molecule has 0 spiro atoms. The number of benzene rings is 1. The Balaban J connectivity index is 2.85. The van der Waals surface area contributed by atoms with Crippen LogP contribution in [-0.4, -0.2) is 30.2 Å². The number of carbonyl (C=O) groups is 2. The number of aryl methyl sites for hydroxylation is 1. The molecule has 0 saturated carbocycles. The zero-order valence-electron chi connectivity index (χ0n) is 14.1. The third-order valence-electron chi connectivity index (χ3n) is 3.70. The Morgan fingerprint density at radius 2 is 1.75 bits per heavy atom. The average molecular weight is 329 g/mol. The highest BCUT2D eigenvalue weighted by Crippen LogP contribution is 2.18. The van der Waals surface area contributed by atoms with Gasteiger partial charge in [-0.2, -0.15) is 0 Å². The lowest BCUT2D eigenvalue weighted by atomic mass is 10.1. The van der Waals surface area contributed by atoms with E-state index in [0.717, 1.165) is 5.56 Å². The maximum absolute atomic E-state index is 12.8. The molecule has 0 fully saturated rings. The molecule has 0 N–H and O–H groups in total. The molecular weight excluding hydrogens is 310 g/mol. The zero-order chi connectivity index (χ0) is 17.9. The van der Waals surface area contributed by atoms with Crippen molar-refractivity contribution in [3.8, 4) is 5.69 Å². The number of ether oxygens (including phenoxy) is 2. The highest BCUT2D eigenvalue weighted by Gasteiger charge is 2.23. The van der Waals surface area contributed by atoms with Gasteiger partial charge in [0, 0.05) is 5.69 Å². The van der Waals surface area contributed by atoms with E-state index >= 15 is 0 Å². The molecule has 0 saturated heterocycles. The summed E-state index contributed by atoms with van der Waals surface area (Å²) in [5.41, 5.74) is 1.23. The van der Waals surface area contributed by atoms with Gasteiger partial charge in [0.1, 0.15) is 5.56 Å². The first kappa shape index (κ1) is 17.5. The molecule has 0 atom stereocenters. The van der Waals surface area contributed by atoms with E-state index in [1.165, 1.54) is 17.7 Å². The van der Waals surface area contributed by atoms with Crippen molar-refractivity contribution >= 4 is 11.9 Å². The summed E-state index contributed by atoms with van der Waals surface area (Å²) in [6, 6.07) is 8.45. The quantitative estimate of drug-likeness (QED) is 0.805. The van der Waals surface area contributed by atoms with Crippen LogP contribution < -0.4 is 5.56 Å². The molecule has 0 aliphatic carbocycles. The lowest BCUT2D eigenvalue weighted by Crippen LogP contribution is -2.30. The van der Waals surface area contributed by atoms with Crippen molar-refractivity contribution in [2.45, 2.75) is 20.8 Å². The average Bonchev–Trinajstić information content (AvgIpc) is 2.56. The second-order valence-corrected chi connectivity index (χ2v) is 5.20. The van der Waals surface area contributed by atoms with Gasteiger partial charge in [0.05, 0.1) is 25.0 Å². The normalized spacial score (nSPS) is 10.3. The van der Waals surface area contributed by atoms with Crippen LogP contribution in [0.5, 0.6) is 0 Å². The van der Waals surface area contributed by atoms with E-state index in [1.807, 2.05) is 19.1 Å². The number of carbonyl (C=O) groups excluding carboxylic acids is 2. The molecule has 24 heavy (non-hydrogen) atoms. The molecule has 0 aliphatic rings. The number of rotatable bonds is 4. The Kier molecular flexibility index (Phi) is 5.18. The van der Waals surface area contributed by atoms with Gasteiger partial charge in [-0.3, -0.25) is 9.36 Å². The van der Waals surface area contributed by atoms with Gasteiger partial charge in [-0.05, 0) is 38.5 Å². The van der Waals surface area contributed by atoms with Crippen molar-refractivity contribution in [3.63, 3.8) is 0 Å². The largest absolute Gasteiger partial charge is 0.465 e. The Labute approximate surface area is 139 Å². The van der Waals surface area contributed by atoms with Crippen LogP contribution in [0.4, 0.5) is 0 Å². The fraction of sp³-hybridized carbons (Fsp3) is 0.278. The minimum atomic E-state index is -0.769. The minimum absolute atomic E-state index is 0.129. The smallest absolute Gasteiger partial charge is 0.343 e. The van der Waals surface area contributed by atoms with Gasteiger partial charge in [0.2, 0.25) is 0 Å². The van der Waals surface area contributed by atoms with Crippen molar-refractivity contribution in [2.24, 2.45) is 0 Å². The summed E-state index contributed by atoms with van der Waals surface area (Å²) in [6.45, 7) is 5.25. The standard InChI is InChI=1S/C18H19NO5/c1-5-24-18(22)14-10-13(17(21)23-4)12(3)19(16(14)20)15-9-7-6-8-11(15)2/h6-10H,5H2,1-4H3. The Morgan fingerprint density at radius 1 is 1.08 bits per heavy atom. The molecule has 1 aromatic heterocycles. The van der Waals surface area contributed by atoms with E-state index in [9.17, 15) is 14.4 Å². The summed E-state index contributed by atoms with van der Waals surface area (Å²) >= 11 is 0. The van der Waals surface area contributed by atoms with Gasteiger partial charge >= 0.3 is 11.9 Å². The number of nitrogens with zero attached hydrogens (tertiary/aromatic N) is 1. The first-order chi connectivity index (χ1) is 11.4. The van der Waals surface area contributed by atoms with E-state index in [1.54, 1.807) is 26.0 Å². The first-order valence-electron chi connectivity index (χ1n) is 7.50. The molecule has 0 amide bonds. The van der Waals surface area contributed by atoms with Crippen LogP contribution in [0.25, 0.3) is 5.69 Å². The molecule has 1 aromatic carbocycles. The number of methoxy groups -OCH3 is 1. The molecule has 0 bridgehead atoms. The molecule has 0 unspecified atom stereocenters. The molecule has 0 radical (unpaired) electrons. The van der Waals surface area contributed by atoms with Crippen molar-refractivity contribution in [3.05, 3.63) is 63.1 Å².